The summed E-state index contributed by atoms with van der Waals surface area (Å²) in [7, 11) is 1.72. The van der Waals surface area contributed by atoms with Crippen molar-refractivity contribution in [3.05, 3.63) is 10.1 Å². The van der Waals surface area contributed by atoms with E-state index in [1.54, 1.807) is 11.9 Å². The highest BCUT2D eigenvalue weighted by Crippen LogP contribution is 2.15. The van der Waals surface area contributed by atoms with Gasteiger partial charge in [-0.25, -0.2) is 0 Å². The number of hydrogen-bond acceptors (Lipinski definition) is 5. The highest BCUT2D eigenvalue weighted by molar-refractivity contribution is 5.85. The number of hydrogen-bond donors (Lipinski definition) is 1. The summed E-state index contributed by atoms with van der Waals surface area (Å²) in [5.41, 5.74) is -1.33. The Bertz CT molecular complexity index is 191. The highest BCUT2D eigenvalue weighted by Gasteiger charge is 2.46. The zero-order valence-electron chi connectivity index (χ0n) is 7.30. The van der Waals surface area contributed by atoms with Crippen molar-refractivity contribution >= 4 is 12.4 Å². The molecule has 1 aliphatic heterocycles. The molecule has 1 atom stereocenters. The maximum absolute atomic E-state index is 10.6. The average Bonchev–Trinajstić information content (AvgIpc) is 2.04. The number of halogens is 1. The van der Waals surface area contributed by atoms with Gasteiger partial charge in [-0.3, -0.25) is 15.0 Å². The fraction of sp³-hybridized carbons (Fsp3) is 1.00. The van der Waals surface area contributed by atoms with E-state index in [-0.39, 0.29) is 25.6 Å². The molecule has 1 heterocycles. The number of aliphatic hydroxyl groups excluding tert-OH is 1. The van der Waals surface area contributed by atoms with E-state index in [4.69, 9.17) is 9.84 Å². The van der Waals surface area contributed by atoms with E-state index in [0.717, 1.165) is 0 Å². The molecule has 1 fully saturated rings. The molecule has 0 aliphatic carbocycles. The predicted molar refractivity (Wildman–Crippen MR) is 47.5 cm³/mol. The van der Waals surface area contributed by atoms with E-state index in [1.807, 2.05) is 0 Å². The Balaban J connectivity index is 0.00000144. The molecule has 0 radical (unpaired) electrons. The third kappa shape index (κ3) is 2.50. The summed E-state index contributed by atoms with van der Waals surface area (Å²) in [5.74, 6) is 0. The van der Waals surface area contributed by atoms with Gasteiger partial charge in [0.1, 0.15) is 13.2 Å². The number of ether oxygens (including phenoxy) is 1. The Kier molecular flexibility index (Phi) is 4.55. The molecule has 0 aromatic carbocycles. The molecular weight excluding hydrogens is 200 g/mol. The molecular formula is C6H13ClN2O4. The van der Waals surface area contributed by atoms with E-state index in [1.165, 1.54) is 0 Å². The summed E-state index contributed by atoms with van der Waals surface area (Å²) in [6, 6.07) is 0. The van der Waals surface area contributed by atoms with Gasteiger partial charge in [-0.15, -0.1) is 12.4 Å². The van der Waals surface area contributed by atoms with E-state index < -0.39 is 17.1 Å². The molecule has 13 heavy (non-hydrogen) atoms. The van der Waals surface area contributed by atoms with Crippen LogP contribution in [0.3, 0.4) is 0 Å². The molecule has 0 aromatic rings. The molecule has 1 aliphatic rings. The van der Waals surface area contributed by atoms with Crippen LogP contribution in [-0.4, -0.2) is 54.0 Å². The monoisotopic (exact) mass is 212 g/mol. The molecule has 0 amide bonds. The minimum Gasteiger partial charge on any atom is -0.389 e. The largest absolute Gasteiger partial charge is 0.389 e. The minimum absolute atomic E-state index is 0. The highest BCUT2D eigenvalue weighted by atomic mass is 35.5. The normalized spacial score (nSPS) is 29.4. The van der Waals surface area contributed by atoms with Gasteiger partial charge in [-0.2, -0.15) is 0 Å². The molecule has 0 saturated carbocycles. The molecule has 0 aromatic heterocycles. The second kappa shape index (κ2) is 4.71. The molecule has 1 saturated heterocycles. The van der Waals surface area contributed by atoms with E-state index >= 15 is 0 Å². The van der Waals surface area contributed by atoms with Crippen LogP contribution in [0.5, 0.6) is 0 Å². The predicted octanol–water partition coefficient (Wildman–Crippen LogP) is -0.664. The van der Waals surface area contributed by atoms with Crippen LogP contribution in [-0.2, 0) is 4.74 Å². The number of likely N-dealkylation sites (N-methyl/N-ethyl adjacent to an activating group) is 1. The Morgan fingerprint density at radius 3 is 2.69 bits per heavy atom. The standard InChI is InChI=1S/C6H12N2O4.ClH/c1-7-2-6(3-9,8(10)11)4-12-5-7;/h9H,2-5H2,1H3;1H. The van der Waals surface area contributed by atoms with Crippen LogP contribution in [0.2, 0.25) is 0 Å². The molecule has 0 spiro atoms. The first-order valence-electron chi connectivity index (χ1n) is 3.62. The minimum atomic E-state index is -1.33. The van der Waals surface area contributed by atoms with Crippen LogP contribution in [0, 0.1) is 10.1 Å². The number of nitrogens with zero attached hydrogens (tertiary/aromatic N) is 2. The molecule has 78 valence electrons. The fourth-order valence-corrected chi connectivity index (χ4v) is 1.25. The van der Waals surface area contributed by atoms with Gasteiger partial charge in [0.25, 0.3) is 5.54 Å². The fourth-order valence-electron chi connectivity index (χ4n) is 1.25. The molecule has 6 nitrogen and oxygen atoms in total. The summed E-state index contributed by atoms with van der Waals surface area (Å²) in [6.07, 6.45) is 0. The van der Waals surface area contributed by atoms with Crippen molar-refractivity contribution in [2.24, 2.45) is 0 Å². The van der Waals surface area contributed by atoms with E-state index in [2.05, 4.69) is 0 Å². The van der Waals surface area contributed by atoms with Crippen molar-refractivity contribution in [2.45, 2.75) is 5.54 Å². The summed E-state index contributed by atoms with van der Waals surface area (Å²) < 4.78 is 4.97. The lowest BCUT2D eigenvalue weighted by molar-refractivity contribution is -0.584. The molecule has 0 bridgehead atoms. The summed E-state index contributed by atoms with van der Waals surface area (Å²) in [6.45, 7) is 0.122. The Morgan fingerprint density at radius 1 is 1.77 bits per heavy atom. The maximum atomic E-state index is 10.6. The average molecular weight is 213 g/mol. The van der Waals surface area contributed by atoms with Gasteiger partial charge >= 0.3 is 0 Å². The lowest BCUT2D eigenvalue weighted by atomic mass is 10.0. The van der Waals surface area contributed by atoms with Crippen LogP contribution in [0.1, 0.15) is 0 Å². The Labute approximate surface area is 82.0 Å². The molecule has 1 unspecified atom stereocenters. The van der Waals surface area contributed by atoms with Crippen LogP contribution >= 0.6 is 12.4 Å². The first-order chi connectivity index (χ1) is 5.60. The van der Waals surface area contributed by atoms with Gasteiger partial charge in [0, 0.05) is 4.92 Å². The van der Waals surface area contributed by atoms with E-state index in [0.29, 0.717) is 6.73 Å². The Morgan fingerprint density at radius 2 is 2.38 bits per heavy atom. The van der Waals surface area contributed by atoms with Gasteiger partial charge in [0.05, 0.1) is 13.3 Å². The van der Waals surface area contributed by atoms with Crippen molar-refractivity contribution < 1.29 is 14.8 Å². The number of aliphatic hydroxyl groups is 1. The van der Waals surface area contributed by atoms with Crippen molar-refractivity contribution in [3.63, 3.8) is 0 Å². The van der Waals surface area contributed by atoms with Crippen LogP contribution in [0.15, 0.2) is 0 Å². The lowest BCUT2D eigenvalue weighted by Crippen LogP contribution is -2.58. The first kappa shape index (κ1) is 12.6. The molecule has 1 rings (SSSR count). The topological polar surface area (TPSA) is 75.8 Å². The number of nitro groups is 1. The van der Waals surface area contributed by atoms with Gasteiger partial charge in [-0.05, 0) is 7.05 Å². The second-order valence-corrected chi connectivity index (χ2v) is 3.13. The summed E-state index contributed by atoms with van der Waals surface area (Å²) in [5, 5.41) is 19.5. The van der Waals surface area contributed by atoms with Crippen molar-refractivity contribution in [1.29, 1.82) is 0 Å². The third-order valence-corrected chi connectivity index (χ3v) is 1.93. The van der Waals surface area contributed by atoms with Crippen molar-refractivity contribution in [1.82, 2.24) is 4.90 Å². The van der Waals surface area contributed by atoms with Crippen molar-refractivity contribution in [3.8, 4) is 0 Å². The SMILES string of the molecule is CN1COCC(CO)([N+](=O)[O-])C1.Cl. The molecule has 1 N–H and O–H groups in total. The zero-order chi connectivity index (χ0) is 9.19. The lowest BCUT2D eigenvalue weighted by Gasteiger charge is -2.32. The third-order valence-electron chi connectivity index (χ3n) is 1.93. The Hall–Kier alpha value is -0.430. The van der Waals surface area contributed by atoms with Crippen LogP contribution in [0.4, 0.5) is 0 Å². The van der Waals surface area contributed by atoms with Crippen LogP contribution in [0.25, 0.3) is 0 Å². The van der Waals surface area contributed by atoms with Gasteiger partial charge in [0.2, 0.25) is 0 Å². The van der Waals surface area contributed by atoms with E-state index in [9.17, 15) is 10.1 Å². The summed E-state index contributed by atoms with van der Waals surface area (Å²) >= 11 is 0. The first-order valence-corrected chi connectivity index (χ1v) is 3.62. The van der Waals surface area contributed by atoms with Gasteiger partial charge in [-0.1, -0.05) is 0 Å². The number of rotatable bonds is 2. The quantitative estimate of drug-likeness (QED) is 0.486. The smallest absolute Gasteiger partial charge is 0.280 e. The molecule has 7 heteroatoms. The second-order valence-electron chi connectivity index (χ2n) is 3.13. The van der Waals surface area contributed by atoms with Crippen LogP contribution < -0.4 is 0 Å². The zero-order valence-corrected chi connectivity index (χ0v) is 8.12. The van der Waals surface area contributed by atoms with Crippen molar-refractivity contribution in [2.75, 3.05) is 33.5 Å². The van der Waals surface area contributed by atoms with Gasteiger partial charge in [0.15, 0.2) is 0 Å². The maximum Gasteiger partial charge on any atom is 0.280 e. The summed E-state index contributed by atoms with van der Waals surface area (Å²) in [4.78, 5) is 11.8. The van der Waals surface area contributed by atoms with Gasteiger partial charge < -0.3 is 9.84 Å².